The Kier molecular flexibility index (Phi) is 5.12. The molecule has 0 saturated heterocycles. The van der Waals surface area contributed by atoms with Crippen molar-refractivity contribution in [2.45, 2.75) is 20.8 Å². The average molecular weight is 368 g/mol. The van der Waals surface area contributed by atoms with E-state index in [2.05, 4.69) is 20.6 Å². The van der Waals surface area contributed by atoms with Crippen LogP contribution < -0.4 is 10.6 Å². The van der Waals surface area contributed by atoms with Gasteiger partial charge in [0.25, 0.3) is 5.91 Å². The number of hydrogen-bond donors (Lipinski definition) is 2. The van der Waals surface area contributed by atoms with E-state index in [0.717, 1.165) is 28.9 Å². The van der Waals surface area contributed by atoms with Crippen LogP contribution in [-0.4, -0.2) is 15.9 Å². The Hall–Kier alpha value is -3.35. The summed E-state index contributed by atoms with van der Waals surface area (Å²) in [5, 5.41) is 5.35. The van der Waals surface area contributed by atoms with Gasteiger partial charge in [0, 0.05) is 11.8 Å². The van der Waals surface area contributed by atoms with Crippen LogP contribution in [0.1, 0.15) is 27.4 Å². The number of nitrogens with one attached hydrogen (secondary N) is 2. The van der Waals surface area contributed by atoms with Crippen molar-refractivity contribution in [3.63, 3.8) is 0 Å². The lowest BCUT2D eigenvalue weighted by atomic mass is 10.1. The van der Waals surface area contributed by atoms with Crippen LogP contribution >= 0.6 is 0 Å². The van der Waals surface area contributed by atoms with Gasteiger partial charge < -0.3 is 10.6 Å². The minimum Gasteiger partial charge on any atom is -0.340 e. The summed E-state index contributed by atoms with van der Waals surface area (Å²) in [6, 6.07) is 10.7. The zero-order valence-corrected chi connectivity index (χ0v) is 15.1. The first-order chi connectivity index (χ1) is 12.8. The van der Waals surface area contributed by atoms with E-state index in [1.807, 2.05) is 32.0 Å². The smallest absolute Gasteiger partial charge is 0.274 e. The molecule has 27 heavy (non-hydrogen) atoms. The van der Waals surface area contributed by atoms with Gasteiger partial charge in [-0.1, -0.05) is 12.1 Å². The number of amides is 1. The first kappa shape index (κ1) is 18.4. The summed E-state index contributed by atoms with van der Waals surface area (Å²) >= 11 is 0. The van der Waals surface area contributed by atoms with Crippen LogP contribution in [0.2, 0.25) is 0 Å². The van der Waals surface area contributed by atoms with Gasteiger partial charge in [-0.15, -0.1) is 0 Å². The van der Waals surface area contributed by atoms with Gasteiger partial charge in [0.1, 0.15) is 34.7 Å². The zero-order valence-electron chi connectivity index (χ0n) is 15.1. The number of nitrogens with zero attached hydrogens (tertiary/aromatic N) is 2. The first-order valence-corrected chi connectivity index (χ1v) is 8.28. The van der Waals surface area contributed by atoms with Crippen LogP contribution in [0.15, 0.2) is 42.5 Å². The van der Waals surface area contributed by atoms with Crippen LogP contribution in [0.3, 0.4) is 0 Å². The van der Waals surface area contributed by atoms with E-state index in [9.17, 15) is 13.6 Å². The monoisotopic (exact) mass is 368 g/mol. The van der Waals surface area contributed by atoms with Gasteiger partial charge in [-0.2, -0.15) is 0 Å². The number of anilines is 3. The molecule has 7 heteroatoms. The maximum atomic E-state index is 13.7. The van der Waals surface area contributed by atoms with Gasteiger partial charge in [0.05, 0.1) is 0 Å². The summed E-state index contributed by atoms with van der Waals surface area (Å²) < 4.78 is 27.5. The van der Waals surface area contributed by atoms with Crippen molar-refractivity contribution in [2.75, 3.05) is 10.6 Å². The van der Waals surface area contributed by atoms with Crippen LogP contribution in [0.25, 0.3) is 0 Å². The molecule has 0 bridgehead atoms. The second-order valence-electron chi connectivity index (χ2n) is 6.24. The predicted octanol–water partition coefficient (Wildman–Crippen LogP) is 4.68. The quantitative estimate of drug-likeness (QED) is 0.702. The van der Waals surface area contributed by atoms with Gasteiger partial charge in [-0.25, -0.2) is 18.7 Å². The largest absolute Gasteiger partial charge is 0.340 e. The predicted molar refractivity (Wildman–Crippen MR) is 100 cm³/mol. The molecule has 138 valence electrons. The molecule has 3 rings (SSSR count). The van der Waals surface area contributed by atoms with Crippen molar-refractivity contribution < 1.29 is 13.6 Å². The molecule has 2 N–H and O–H groups in total. The molecule has 0 radical (unpaired) electrons. The molecule has 0 aliphatic heterocycles. The number of carbonyl (C=O) groups excluding carboxylic acids is 1. The average Bonchev–Trinajstić information content (AvgIpc) is 2.56. The fourth-order valence-electron chi connectivity index (χ4n) is 2.74. The van der Waals surface area contributed by atoms with E-state index in [0.29, 0.717) is 11.6 Å². The molecule has 2 aromatic carbocycles. The summed E-state index contributed by atoms with van der Waals surface area (Å²) in [5.41, 5.74) is 2.46. The Morgan fingerprint density at radius 2 is 1.56 bits per heavy atom. The number of aromatic nitrogens is 2. The van der Waals surface area contributed by atoms with E-state index >= 15 is 0 Å². The molecule has 5 nitrogen and oxygen atoms in total. The van der Waals surface area contributed by atoms with Gasteiger partial charge in [0.2, 0.25) is 0 Å². The van der Waals surface area contributed by atoms with Crippen molar-refractivity contribution >= 4 is 23.1 Å². The van der Waals surface area contributed by atoms with Crippen molar-refractivity contribution in [3.05, 3.63) is 76.7 Å². The summed E-state index contributed by atoms with van der Waals surface area (Å²) in [6.45, 7) is 5.59. The molecule has 0 spiro atoms. The third kappa shape index (κ3) is 4.44. The van der Waals surface area contributed by atoms with Gasteiger partial charge in [-0.3, -0.25) is 4.79 Å². The Labute approximate surface area is 155 Å². The van der Waals surface area contributed by atoms with E-state index < -0.39 is 23.2 Å². The molecule has 0 aliphatic rings. The number of halogens is 2. The van der Waals surface area contributed by atoms with E-state index in [1.165, 1.54) is 12.1 Å². The lowest BCUT2D eigenvalue weighted by Crippen LogP contribution is -2.17. The highest BCUT2D eigenvalue weighted by Gasteiger charge is 2.16. The first-order valence-electron chi connectivity index (χ1n) is 8.28. The minimum absolute atomic E-state index is 0.00275. The van der Waals surface area contributed by atoms with Crippen molar-refractivity contribution in [3.8, 4) is 0 Å². The van der Waals surface area contributed by atoms with E-state index in [1.54, 1.807) is 6.92 Å². The van der Waals surface area contributed by atoms with Crippen LogP contribution in [0.4, 0.5) is 26.0 Å². The number of carbonyl (C=O) groups is 1. The lowest BCUT2D eigenvalue weighted by Gasteiger charge is -2.11. The fraction of sp³-hybridized carbons (Fsp3) is 0.150. The molecule has 0 aliphatic carbocycles. The van der Waals surface area contributed by atoms with E-state index in [4.69, 9.17) is 0 Å². The highest BCUT2D eigenvalue weighted by Crippen LogP contribution is 2.21. The second kappa shape index (κ2) is 7.49. The molecule has 3 aromatic rings. The topological polar surface area (TPSA) is 66.9 Å². The maximum Gasteiger partial charge on any atom is 0.274 e. The van der Waals surface area contributed by atoms with E-state index in [-0.39, 0.29) is 5.69 Å². The van der Waals surface area contributed by atoms with Crippen molar-refractivity contribution in [1.82, 2.24) is 9.97 Å². The second-order valence-corrected chi connectivity index (χ2v) is 6.24. The Morgan fingerprint density at radius 1 is 0.926 bits per heavy atom. The van der Waals surface area contributed by atoms with Crippen LogP contribution in [-0.2, 0) is 0 Å². The molecule has 0 saturated carbocycles. The molecular weight excluding hydrogens is 350 g/mol. The maximum absolute atomic E-state index is 13.7. The number of rotatable bonds is 4. The number of aryl methyl sites for hydroxylation is 3. The molecule has 0 fully saturated rings. The third-order valence-electron chi connectivity index (χ3n) is 3.77. The van der Waals surface area contributed by atoms with Crippen molar-refractivity contribution in [2.24, 2.45) is 0 Å². The molecular formula is C20H18F2N4O. The van der Waals surface area contributed by atoms with Gasteiger partial charge >= 0.3 is 0 Å². The van der Waals surface area contributed by atoms with Crippen LogP contribution in [0, 0.1) is 32.4 Å². The zero-order chi connectivity index (χ0) is 19.6. The number of hydrogen-bond acceptors (Lipinski definition) is 4. The summed E-state index contributed by atoms with van der Waals surface area (Å²) in [7, 11) is 0. The molecule has 0 atom stereocenters. The Balaban J connectivity index is 1.87. The lowest BCUT2D eigenvalue weighted by molar-refractivity contribution is 0.102. The van der Waals surface area contributed by atoms with Crippen molar-refractivity contribution in [1.29, 1.82) is 0 Å². The SMILES string of the molecule is Cc1cc(C)cc(Nc2cc(C(=O)Nc3c(F)cccc3F)nc(C)n2)c1. The fourth-order valence-corrected chi connectivity index (χ4v) is 2.74. The van der Waals surface area contributed by atoms with Gasteiger partial charge in [0.15, 0.2) is 0 Å². The standard InChI is InChI=1S/C20H18F2N4O/c1-11-7-12(2)9-14(8-11)25-18-10-17(23-13(3)24-18)20(27)26-19-15(21)5-4-6-16(19)22/h4-10H,1-3H3,(H,26,27)(H,23,24,25). The Bertz CT molecular complexity index is 980. The summed E-state index contributed by atoms with van der Waals surface area (Å²) in [5.74, 6) is -1.69. The van der Waals surface area contributed by atoms with Crippen LogP contribution in [0.5, 0.6) is 0 Å². The molecule has 1 heterocycles. The highest BCUT2D eigenvalue weighted by molar-refractivity contribution is 6.03. The highest BCUT2D eigenvalue weighted by atomic mass is 19.1. The minimum atomic E-state index is -0.859. The molecule has 1 amide bonds. The third-order valence-corrected chi connectivity index (χ3v) is 3.77. The summed E-state index contributed by atoms with van der Waals surface area (Å²) in [6.07, 6.45) is 0. The summed E-state index contributed by atoms with van der Waals surface area (Å²) in [4.78, 5) is 20.7. The molecule has 1 aromatic heterocycles. The number of para-hydroxylation sites is 1. The normalized spacial score (nSPS) is 10.6. The Morgan fingerprint density at radius 3 is 2.19 bits per heavy atom. The van der Waals surface area contributed by atoms with Gasteiger partial charge in [-0.05, 0) is 56.2 Å². The number of benzene rings is 2. The molecule has 0 unspecified atom stereocenters.